The summed E-state index contributed by atoms with van der Waals surface area (Å²) in [5, 5.41) is 5.03. The minimum absolute atomic E-state index is 1.10. The largest absolute Gasteiger partial charge is 0.0616 e. The molecule has 0 heterocycles. The number of hydrogen-bond acceptors (Lipinski definition) is 0. The Hall–Kier alpha value is -0.680. The Morgan fingerprint density at radius 2 is 0.583 bits per heavy atom. The van der Waals surface area contributed by atoms with Gasteiger partial charge < -0.3 is 0 Å². The van der Waals surface area contributed by atoms with Gasteiger partial charge in [0.05, 0.1) is 0 Å². The third-order valence-corrected chi connectivity index (χ3v) is 7.27. The van der Waals surface area contributed by atoms with Crippen LogP contribution in [-0.4, -0.2) is 0 Å². The van der Waals surface area contributed by atoms with Crippen LogP contribution in [0.4, 0.5) is 0 Å². The van der Waals surface area contributed by atoms with Crippen LogP contribution in [0.25, 0.3) is 21.5 Å². The molecule has 0 radical (unpaired) electrons. The zero-order chi connectivity index (χ0) is 17.1. The summed E-state index contributed by atoms with van der Waals surface area (Å²) >= 11 is 13.9. The first-order valence-corrected chi connectivity index (χ1v) is 10.4. The summed E-state index contributed by atoms with van der Waals surface area (Å²) in [6, 6.07) is 25.0. The molecule has 0 unspecified atom stereocenters. The quantitative estimate of drug-likeness (QED) is 0.198. The zero-order valence-corrected chi connectivity index (χ0v) is 18.8. The van der Waals surface area contributed by atoms with E-state index in [2.05, 4.69) is 112 Å². The monoisotopic (exact) mass is 568 g/mol. The van der Waals surface area contributed by atoms with Crippen molar-refractivity contribution < 1.29 is 0 Å². The molecule has 0 aliphatic heterocycles. The summed E-state index contributed by atoms with van der Waals surface area (Å²) in [5.74, 6) is 0. The molecule has 0 spiro atoms. The van der Waals surface area contributed by atoms with Gasteiger partial charge in [0, 0.05) is 17.9 Å². The summed E-state index contributed by atoms with van der Waals surface area (Å²) in [6.45, 7) is 0. The minimum Gasteiger partial charge on any atom is -0.0616 e. The lowest BCUT2D eigenvalue weighted by atomic mass is 10.1. The zero-order valence-electron chi connectivity index (χ0n) is 12.4. The van der Waals surface area contributed by atoms with E-state index in [4.69, 9.17) is 0 Å². The highest BCUT2D eigenvalue weighted by molar-refractivity contribution is 9.13. The summed E-state index contributed by atoms with van der Waals surface area (Å²) in [7, 11) is 0. The van der Waals surface area contributed by atoms with E-state index in [9.17, 15) is 0 Å². The van der Waals surface area contributed by atoms with E-state index in [0.717, 1.165) is 17.9 Å². The number of hydrogen-bond donors (Lipinski definition) is 0. The Labute approximate surface area is 174 Å². The van der Waals surface area contributed by atoms with Crippen molar-refractivity contribution in [2.45, 2.75) is 0 Å². The van der Waals surface area contributed by atoms with Gasteiger partial charge >= 0.3 is 0 Å². The molecule has 0 amide bonds. The summed E-state index contributed by atoms with van der Waals surface area (Å²) in [5.41, 5.74) is 0. The topological polar surface area (TPSA) is 0 Å². The molecule has 0 aliphatic rings. The number of benzene rings is 4. The maximum absolute atomic E-state index is 3.47. The SMILES string of the molecule is Brc1cc2ccccc2cc1Br.Brc1cc2ccccc2cc1Br. The molecule has 4 aromatic rings. The molecular weight excluding hydrogens is 560 g/mol. The number of fused-ring (bicyclic) bond motifs is 2. The van der Waals surface area contributed by atoms with E-state index in [0.29, 0.717) is 0 Å². The van der Waals surface area contributed by atoms with Gasteiger partial charge in [-0.1, -0.05) is 48.5 Å². The smallest absolute Gasteiger partial charge is 0.0323 e. The van der Waals surface area contributed by atoms with Gasteiger partial charge in [-0.15, -0.1) is 0 Å². The van der Waals surface area contributed by atoms with Crippen LogP contribution < -0.4 is 0 Å². The molecule has 4 aromatic carbocycles. The van der Waals surface area contributed by atoms with Gasteiger partial charge in [-0.3, -0.25) is 0 Å². The maximum Gasteiger partial charge on any atom is 0.0323 e. The molecule has 0 aliphatic carbocycles. The van der Waals surface area contributed by atoms with Crippen LogP contribution in [0.1, 0.15) is 0 Å². The highest BCUT2D eigenvalue weighted by Gasteiger charge is 1.98. The third kappa shape index (κ3) is 4.29. The predicted molar refractivity (Wildman–Crippen MR) is 119 cm³/mol. The second kappa shape index (κ2) is 8.13. The van der Waals surface area contributed by atoms with Gasteiger partial charge in [0.1, 0.15) is 0 Å². The predicted octanol–water partition coefficient (Wildman–Crippen LogP) is 8.73. The lowest BCUT2D eigenvalue weighted by molar-refractivity contribution is 1.65. The van der Waals surface area contributed by atoms with Gasteiger partial charge in [-0.25, -0.2) is 0 Å². The van der Waals surface area contributed by atoms with Gasteiger partial charge in [0.2, 0.25) is 0 Å². The van der Waals surface area contributed by atoms with Crippen LogP contribution in [0.5, 0.6) is 0 Å². The summed E-state index contributed by atoms with van der Waals surface area (Å²) < 4.78 is 4.39. The van der Waals surface area contributed by atoms with E-state index in [1.165, 1.54) is 21.5 Å². The minimum atomic E-state index is 1.10. The Bertz CT molecular complexity index is 844. The van der Waals surface area contributed by atoms with Crippen molar-refractivity contribution >= 4 is 85.3 Å². The fraction of sp³-hybridized carbons (Fsp3) is 0. The van der Waals surface area contributed by atoms with E-state index in [1.54, 1.807) is 0 Å². The highest BCUT2D eigenvalue weighted by atomic mass is 79.9. The van der Waals surface area contributed by atoms with E-state index in [-0.39, 0.29) is 0 Å². The van der Waals surface area contributed by atoms with Crippen LogP contribution in [0.2, 0.25) is 0 Å². The molecular formula is C20H12Br4. The molecule has 0 saturated heterocycles. The van der Waals surface area contributed by atoms with Crippen molar-refractivity contribution in [3.8, 4) is 0 Å². The first-order valence-electron chi connectivity index (χ1n) is 7.22. The molecule has 120 valence electrons. The van der Waals surface area contributed by atoms with E-state index < -0.39 is 0 Å². The van der Waals surface area contributed by atoms with Crippen molar-refractivity contribution in [2.24, 2.45) is 0 Å². The molecule has 0 aromatic heterocycles. The van der Waals surface area contributed by atoms with Crippen LogP contribution in [0.15, 0.2) is 90.7 Å². The van der Waals surface area contributed by atoms with E-state index >= 15 is 0 Å². The van der Waals surface area contributed by atoms with Gasteiger partial charge in [0.25, 0.3) is 0 Å². The summed E-state index contributed by atoms with van der Waals surface area (Å²) in [6.07, 6.45) is 0. The van der Waals surface area contributed by atoms with Crippen LogP contribution in [0, 0.1) is 0 Å². The lowest BCUT2D eigenvalue weighted by Gasteiger charge is -1.99. The number of rotatable bonds is 0. The van der Waals surface area contributed by atoms with Crippen LogP contribution >= 0.6 is 63.7 Å². The van der Waals surface area contributed by atoms with Gasteiger partial charge in [-0.05, 0) is 110 Å². The molecule has 0 nitrogen and oxygen atoms in total. The van der Waals surface area contributed by atoms with Crippen LogP contribution in [-0.2, 0) is 0 Å². The molecule has 0 saturated carbocycles. The average Bonchev–Trinajstić information content (AvgIpc) is 2.57. The second-order valence-corrected chi connectivity index (χ2v) is 8.64. The van der Waals surface area contributed by atoms with Crippen LogP contribution in [0.3, 0.4) is 0 Å². The Kier molecular flexibility index (Phi) is 6.14. The lowest BCUT2D eigenvalue weighted by Crippen LogP contribution is -1.73. The normalized spacial score (nSPS) is 10.5. The standard InChI is InChI=1S/2C10H6Br2/c2*11-9-5-7-3-1-2-4-8(7)6-10(9)12/h2*1-6H. The first-order chi connectivity index (χ1) is 11.5. The fourth-order valence-corrected chi connectivity index (χ4v) is 3.81. The van der Waals surface area contributed by atoms with Crippen molar-refractivity contribution in [1.29, 1.82) is 0 Å². The molecule has 0 atom stereocenters. The molecule has 0 fully saturated rings. The second-order valence-electron chi connectivity index (χ2n) is 5.23. The first kappa shape index (κ1) is 18.1. The number of halogens is 4. The Morgan fingerprint density at radius 1 is 0.375 bits per heavy atom. The molecule has 0 N–H and O–H groups in total. The fourth-order valence-electron chi connectivity index (χ4n) is 2.37. The van der Waals surface area contributed by atoms with Gasteiger partial charge in [-0.2, -0.15) is 0 Å². The van der Waals surface area contributed by atoms with Crippen molar-refractivity contribution in [1.82, 2.24) is 0 Å². The average molecular weight is 572 g/mol. The molecule has 24 heavy (non-hydrogen) atoms. The van der Waals surface area contributed by atoms with Crippen molar-refractivity contribution in [3.05, 3.63) is 90.7 Å². The molecule has 0 bridgehead atoms. The van der Waals surface area contributed by atoms with Crippen molar-refractivity contribution in [2.75, 3.05) is 0 Å². The Balaban J connectivity index is 0.000000141. The molecule has 4 heteroatoms. The van der Waals surface area contributed by atoms with Gasteiger partial charge in [0.15, 0.2) is 0 Å². The highest BCUT2D eigenvalue weighted by Crippen LogP contribution is 2.29. The molecule has 4 rings (SSSR count). The Morgan fingerprint density at radius 3 is 0.792 bits per heavy atom. The summed E-state index contributed by atoms with van der Waals surface area (Å²) in [4.78, 5) is 0. The van der Waals surface area contributed by atoms with Crippen molar-refractivity contribution in [3.63, 3.8) is 0 Å². The third-order valence-electron chi connectivity index (χ3n) is 3.58. The van der Waals surface area contributed by atoms with E-state index in [1.807, 2.05) is 24.3 Å². The maximum atomic E-state index is 3.47.